The Bertz CT molecular complexity index is 498. The summed E-state index contributed by atoms with van der Waals surface area (Å²) < 4.78 is 37.4. The number of nitrogens with zero attached hydrogens (tertiary/aromatic N) is 1. The average Bonchev–Trinajstić information content (AvgIpc) is 2.66. The molecule has 0 saturated heterocycles. The monoisotopic (exact) mass is 457 g/mol. The van der Waals surface area contributed by atoms with Crippen molar-refractivity contribution in [1.29, 1.82) is 0 Å². The topological polar surface area (TPSA) is 86.7 Å². The van der Waals surface area contributed by atoms with E-state index in [-0.39, 0.29) is 35.5 Å². The normalized spacial score (nSPS) is 12.4. The molecule has 0 N–H and O–H groups in total. The Kier molecular flexibility index (Phi) is 23.0. The zero-order chi connectivity index (χ0) is 22.0. The summed E-state index contributed by atoms with van der Waals surface area (Å²) in [6.07, 6.45) is 14.3. The van der Waals surface area contributed by atoms with Crippen LogP contribution in [-0.2, 0) is 19.4 Å². The van der Waals surface area contributed by atoms with Gasteiger partial charge in [0.1, 0.15) is 0 Å². The van der Waals surface area contributed by atoms with Crippen LogP contribution in [0.1, 0.15) is 117 Å². The predicted octanol–water partition coefficient (Wildman–Crippen LogP) is 2.58. The molecule has 0 aromatic carbocycles. The number of carbonyl (C=O) groups excluding carboxylic acids is 1. The van der Waals surface area contributed by atoms with E-state index in [4.69, 9.17) is 4.18 Å². The Morgan fingerprint density at radius 3 is 1.67 bits per heavy atom. The van der Waals surface area contributed by atoms with Crippen molar-refractivity contribution in [2.75, 3.05) is 13.1 Å². The third-order valence-corrected chi connectivity index (χ3v) is 5.92. The fourth-order valence-corrected chi connectivity index (χ4v) is 4.18. The Labute approximate surface area is 208 Å². The Morgan fingerprint density at radius 1 is 0.800 bits per heavy atom. The van der Waals surface area contributed by atoms with Crippen molar-refractivity contribution in [2.24, 2.45) is 0 Å². The molecule has 1 unspecified atom stereocenters. The summed E-state index contributed by atoms with van der Waals surface area (Å²) >= 11 is 0. The zero-order valence-corrected chi connectivity index (χ0v) is 22.8. The first-order valence-electron chi connectivity index (χ1n) is 11.8. The van der Waals surface area contributed by atoms with Crippen molar-refractivity contribution >= 4 is 16.3 Å². The van der Waals surface area contributed by atoms with Gasteiger partial charge in [0.05, 0.1) is 6.10 Å². The van der Waals surface area contributed by atoms with E-state index in [1.807, 2.05) is 18.7 Å². The van der Waals surface area contributed by atoms with E-state index in [0.717, 1.165) is 83.7 Å². The predicted molar refractivity (Wildman–Crippen MR) is 117 cm³/mol. The smallest absolute Gasteiger partial charge is 0.726 e. The third-order valence-electron chi connectivity index (χ3n) is 5.42. The molecule has 8 heteroatoms. The molecule has 0 bridgehead atoms. The minimum Gasteiger partial charge on any atom is -0.726 e. The summed E-state index contributed by atoms with van der Waals surface area (Å²) in [5, 5.41) is 0. The van der Waals surface area contributed by atoms with E-state index in [0.29, 0.717) is 19.3 Å². The summed E-state index contributed by atoms with van der Waals surface area (Å²) in [5.41, 5.74) is 0. The van der Waals surface area contributed by atoms with E-state index in [9.17, 15) is 17.8 Å². The van der Waals surface area contributed by atoms with Crippen LogP contribution >= 0.6 is 0 Å². The van der Waals surface area contributed by atoms with Crippen LogP contribution in [0.25, 0.3) is 0 Å². The molecule has 0 aliphatic rings. The molecule has 0 radical (unpaired) electrons. The molecule has 0 fully saturated rings. The molecule has 0 saturated carbocycles. The van der Waals surface area contributed by atoms with Crippen molar-refractivity contribution in [2.45, 2.75) is 123 Å². The fraction of sp³-hybridized carbons (Fsp3) is 0.955. The molecule has 0 heterocycles. The van der Waals surface area contributed by atoms with Crippen LogP contribution in [0, 0.1) is 0 Å². The van der Waals surface area contributed by atoms with Crippen LogP contribution < -0.4 is 29.6 Å². The van der Waals surface area contributed by atoms with Crippen molar-refractivity contribution in [1.82, 2.24) is 4.90 Å². The van der Waals surface area contributed by atoms with Crippen LogP contribution in [0.2, 0.25) is 0 Å². The van der Waals surface area contributed by atoms with Gasteiger partial charge in [0, 0.05) is 19.5 Å². The molecular formula is C22H44NNaO5S. The van der Waals surface area contributed by atoms with Crippen LogP contribution in [0.4, 0.5) is 0 Å². The largest absolute Gasteiger partial charge is 1.00 e. The van der Waals surface area contributed by atoms with Gasteiger partial charge in [0.25, 0.3) is 0 Å². The van der Waals surface area contributed by atoms with E-state index in [1.165, 1.54) is 6.42 Å². The van der Waals surface area contributed by atoms with Crippen LogP contribution in [-0.4, -0.2) is 43.0 Å². The Hall–Kier alpha value is 0.340. The molecule has 174 valence electrons. The van der Waals surface area contributed by atoms with Crippen molar-refractivity contribution in [3.05, 3.63) is 0 Å². The maximum absolute atomic E-state index is 11.9. The zero-order valence-electron chi connectivity index (χ0n) is 20.0. The molecule has 0 aliphatic heterocycles. The molecule has 0 aromatic heterocycles. The van der Waals surface area contributed by atoms with Crippen molar-refractivity contribution in [3.63, 3.8) is 0 Å². The summed E-state index contributed by atoms with van der Waals surface area (Å²) in [6, 6.07) is 0. The van der Waals surface area contributed by atoms with Crippen molar-refractivity contribution < 1.29 is 51.5 Å². The molecule has 0 spiro atoms. The van der Waals surface area contributed by atoms with E-state index < -0.39 is 16.5 Å². The van der Waals surface area contributed by atoms with Gasteiger partial charge in [0.2, 0.25) is 16.3 Å². The van der Waals surface area contributed by atoms with Crippen molar-refractivity contribution in [3.8, 4) is 0 Å². The maximum Gasteiger partial charge on any atom is 1.00 e. The first kappa shape index (κ1) is 32.5. The molecule has 0 rings (SSSR count). The van der Waals surface area contributed by atoms with Gasteiger partial charge < -0.3 is 9.45 Å². The number of rotatable bonds is 20. The third kappa shape index (κ3) is 20.3. The fourth-order valence-electron chi connectivity index (χ4n) is 3.65. The van der Waals surface area contributed by atoms with Gasteiger partial charge in [-0.15, -0.1) is 0 Å². The Balaban J connectivity index is 0. The number of hydrogen-bond donors (Lipinski definition) is 0. The molecule has 6 nitrogen and oxygen atoms in total. The maximum atomic E-state index is 11.9. The molecule has 30 heavy (non-hydrogen) atoms. The first-order chi connectivity index (χ1) is 13.8. The second-order valence-corrected chi connectivity index (χ2v) is 8.92. The number of hydrogen-bond acceptors (Lipinski definition) is 5. The molecule has 0 aromatic rings. The number of unbranched alkanes of at least 4 members (excludes halogenated alkanes) is 10. The number of amides is 1. The van der Waals surface area contributed by atoms with Gasteiger partial charge in [-0.3, -0.25) is 8.98 Å². The summed E-state index contributed by atoms with van der Waals surface area (Å²) in [7, 11) is -4.62. The van der Waals surface area contributed by atoms with Gasteiger partial charge in [-0.05, 0) is 33.1 Å². The second-order valence-electron chi connectivity index (χ2n) is 7.91. The first-order valence-corrected chi connectivity index (χ1v) is 13.1. The molecule has 1 amide bonds. The van der Waals surface area contributed by atoms with Crippen LogP contribution in [0.5, 0.6) is 0 Å². The summed E-state index contributed by atoms with van der Waals surface area (Å²) in [5.74, 6) is 0.265. The van der Waals surface area contributed by atoms with Gasteiger partial charge >= 0.3 is 29.6 Å². The standard InChI is InChI=1S/C22H45NO5S.Na/c1-4-7-8-15-18-21(28-29(25,26)27)19-16-13-11-9-10-12-14-17-20-22(24)23(5-2)6-3;/h21H,4-20H2,1-3H3,(H,25,26,27);/q;+1/p-1. The summed E-state index contributed by atoms with van der Waals surface area (Å²) in [6.45, 7) is 7.74. The average molecular weight is 458 g/mol. The molecule has 0 aliphatic carbocycles. The minimum atomic E-state index is -4.62. The van der Waals surface area contributed by atoms with Gasteiger partial charge in [-0.1, -0.05) is 77.6 Å². The van der Waals surface area contributed by atoms with Gasteiger partial charge in [-0.25, -0.2) is 8.42 Å². The van der Waals surface area contributed by atoms with Crippen LogP contribution in [0.15, 0.2) is 0 Å². The quantitative estimate of drug-likeness (QED) is 0.121. The molecular weight excluding hydrogens is 413 g/mol. The molecule has 1 atom stereocenters. The van der Waals surface area contributed by atoms with Crippen LogP contribution in [0.3, 0.4) is 0 Å². The van der Waals surface area contributed by atoms with Gasteiger partial charge in [-0.2, -0.15) is 0 Å². The summed E-state index contributed by atoms with van der Waals surface area (Å²) in [4.78, 5) is 13.8. The van der Waals surface area contributed by atoms with E-state index >= 15 is 0 Å². The van der Waals surface area contributed by atoms with E-state index in [2.05, 4.69) is 6.92 Å². The minimum absolute atomic E-state index is 0. The Morgan fingerprint density at radius 2 is 1.23 bits per heavy atom. The SMILES string of the molecule is CCCCCCC(CCCCCCCCCCC(=O)N(CC)CC)OS(=O)(=O)[O-].[Na+]. The van der Waals surface area contributed by atoms with Gasteiger partial charge in [0.15, 0.2) is 0 Å². The number of carbonyl (C=O) groups is 1. The second kappa shape index (κ2) is 21.2. The van der Waals surface area contributed by atoms with E-state index in [1.54, 1.807) is 0 Å².